The molecule has 198 valence electrons. The van der Waals surface area contributed by atoms with Crippen molar-refractivity contribution in [1.82, 2.24) is 9.80 Å². The molecular formula is C28H32BrFN2O5. The summed E-state index contributed by atoms with van der Waals surface area (Å²) in [4.78, 5) is 42.3. The lowest BCUT2D eigenvalue weighted by Gasteiger charge is -2.29. The molecule has 2 aromatic rings. The van der Waals surface area contributed by atoms with Gasteiger partial charge in [-0.25, -0.2) is 18.9 Å². The molecule has 0 aliphatic carbocycles. The molecule has 2 aliphatic heterocycles. The Labute approximate surface area is 225 Å². The minimum atomic E-state index is -0.654. The van der Waals surface area contributed by atoms with Crippen molar-refractivity contribution >= 4 is 34.0 Å². The molecule has 2 aromatic carbocycles. The summed E-state index contributed by atoms with van der Waals surface area (Å²) in [5, 5.41) is 0. The lowest BCUT2D eigenvalue weighted by Crippen LogP contribution is -2.46. The zero-order valence-corrected chi connectivity index (χ0v) is 22.9. The van der Waals surface area contributed by atoms with Gasteiger partial charge in [0.05, 0.1) is 10.5 Å². The second kappa shape index (κ2) is 11.2. The highest BCUT2D eigenvalue weighted by atomic mass is 79.9. The maximum Gasteiger partial charge on any atom is 0.416 e. The van der Waals surface area contributed by atoms with Crippen LogP contribution in [0.15, 0.2) is 53.0 Å². The van der Waals surface area contributed by atoms with E-state index in [1.165, 1.54) is 11.0 Å². The molecule has 7 nitrogen and oxygen atoms in total. The smallest absolute Gasteiger partial charge is 0.416 e. The second-order valence-corrected chi connectivity index (χ2v) is 11.5. The quantitative estimate of drug-likeness (QED) is 0.449. The first-order valence-corrected chi connectivity index (χ1v) is 13.3. The van der Waals surface area contributed by atoms with Crippen molar-refractivity contribution in [3.05, 3.63) is 69.9 Å². The highest BCUT2D eigenvalue weighted by molar-refractivity contribution is 9.10. The lowest BCUT2D eigenvalue weighted by atomic mass is 9.84. The van der Waals surface area contributed by atoms with Crippen molar-refractivity contribution in [3.63, 3.8) is 0 Å². The molecule has 1 unspecified atom stereocenters. The Kier molecular flexibility index (Phi) is 8.21. The predicted molar refractivity (Wildman–Crippen MR) is 139 cm³/mol. The van der Waals surface area contributed by atoms with Gasteiger partial charge in [0.15, 0.2) is 0 Å². The molecule has 0 N–H and O–H groups in total. The normalized spacial score (nSPS) is 20.6. The molecule has 0 bridgehead atoms. The Balaban J connectivity index is 1.58. The van der Waals surface area contributed by atoms with Crippen LogP contribution in [0.2, 0.25) is 0 Å². The van der Waals surface area contributed by atoms with Crippen LogP contribution in [0.5, 0.6) is 0 Å². The zero-order chi connectivity index (χ0) is 26.7. The van der Waals surface area contributed by atoms with Crippen LogP contribution in [-0.2, 0) is 27.1 Å². The molecule has 0 aromatic heterocycles. The monoisotopic (exact) mass is 574 g/mol. The number of hydrogen-bond donors (Lipinski definition) is 0. The SMILES string of the molecule is CC(C)(C)OC(=O)N1CC[C@H]([C@H](Cc2ccc(F)c(Br)c2)C(=O)N2C(=O)OCC2Cc2ccccc2)C1. The average molecular weight is 575 g/mol. The van der Waals surface area contributed by atoms with E-state index in [-0.39, 0.29) is 18.4 Å². The van der Waals surface area contributed by atoms with Crippen molar-refractivity contribution in [3.8, 4) is 0 Å². The molecule has 0 spiro atoms. The molecule has 3 amide bonds. The second-order valence-electron chi connectivity index (χ2n) is 10.7. The van der Waals surface area contributed by atoms with Crippen LogP contribution in [-0.4, -0.2) is 59.2 Å². The van der Waals surface area contributed by atoms with Crippen molar-refractivity contribution in [2.45, 2.75) is 51.7 Å². The molecule has 0 saturated carbocycles. The first kappa shape index (κ1) is 27.1. The molecule has 2 aliphatic rings. The summed E-state index contributed by atoms with van der Waals surface area (Å²) < 4.78 is 25.0. The number of cyclic esters (lactones) is 1. The minimum absolute atomic E-state index is 0.128. The number of hydrogen-bond acceptors (Lipinski definition) is 5. The van der Waals surface area contributed by atoms with Gasteiger partial charge in [0.1, 0.15) is 18.0 Å². The van der Waals surface area contributed by atoms with Crippen molar-refractivity contribution in [2.24, 2.45) is 11.8 Å². The van der Waals surface area contributed by atoms with Crippen LogP contribution >= 0.6 is 15.9 Å². The van der Waals surface area contributed by atoms with Gasteiger partial charge in [0, 0.05) is 19.0 Å². The number of rotatable bonds is 6. The highest BCUT2D eigenvalue weighted by Gasteiger charge is 2.45. The highest BCUT2D eigenvalue weighted by Crippen LogP contribution is 2.33. The molecule has 0 radical (unpaired) electrons. The van der Waals surface area contributed by atoms with Gasteiger partial charge < -0.3 is 14.4 Å². The molecule has 9 heteroatoms. The van der Waals surface area contributed by atoms with E-state index in [1.54, 1.807) is 17.0 Å². The molecule has 2 saturated heterocycles. The van der Waals surface area contributed by atoms with E-state index in [9.17, 15) is 18.8 Å². The third kappa shape index (κ3) is 6.69. The van der Waals surface area contributed by atoms with E-state index in [0.29, 0.717) is 36.8 Å². The van der Waals surface area contributed by atoms with Crippen LogP contribution in [0.4, 0.5) is 14.0 Å². The van der Waals surface area contributed by atoms with Crippen molar-refractivity contribution in [2.75, 3.05) is 19.7 Å². The van der Waals surface area contributed by atoms with Gasteiger partial charge in [-0.2, -0.15) is 0 Å². The fraction of sp³-hybridized carbons (Fsp3) is 0.464. The zero-order valence-electron chi connectivity index (χ0n) is 21.3. The van der Waals surface area contributed by atoms with E-state index in [0.717, 1.165) is 11.1 Å². The number of amides is 3. The first-order chi connectivity index (χ1) is 17.5. The maximum atomic E-state index is 14.0. The van der Waals surface area contributed by atoms with Crippen molar-refractivity contribution < 1.29 is 28.2 Å². The summed E-state index contributed by atoms with van der Waals surface area (Å²) >= 11 is 3.22. The van der Waals surface area contributed by atoms with E-state index in [1.807, 2.05) is 51.1 Å². The van der Waals surface area contributed by atoms with Crippen LogP contribution in [0, 0.1) is 17.7 Å². The number of benzene rings is 2. The Bertz CT molecular complexity index is 1150. The molecule has 2 heterocycles. The number of halogens is 2. The van der Waals surface area contributed by atoms with Gasteiger partial charge in [-0.15, -0.1) is 0 Å². The maximum absolute atomic E-state index is 14.0. The average Bonchev–Trinajstić information content (AvgIpc) is 3.46. The fourth-order valence-electron chi connectivity index (χ4n) is 4.93. The number of imide groups is 1. The Morgan fingerprint density at radius 2 is 1.89 bits per heavy atom. The topological polar surface area (TPSA) is 76.2 Å². The van der Waals surface area contributed by atoms with E-state index in [2.05, 4.69) is 15.9 Å². The summed E-state index contributed by atoms with van der Waals surface area (Å²) in [5.41, 5.74) is 1.13. The van der Waals surface area contributed by atoms with Gasteiger partial charge in [0.2, 0.25) is 5.91 Å². The number of likely N-dealkylation sites (tertiary alicyclic amines) is 1. The van der Waals surface area contributed by atoms with E-state index < -0.39 is 35.6 Å². The van der Waals surface area contributed by atoms with Crippen molar-refractivity contribution in [1.29, 1.82) is 0 Å². The van der Waals surface area contributed by atoms with Crippen LogP contribution in [0.3, 0.4) is 0 Å². The summed E-state index contributed by atoms with van der Waals surface area (Å²) in [5.74, 6) is -1.53. The summed E-state index contributed by atoms with van der Waals surface area (Å²) in [6.45, 7) is 6.34. The summed E-state index contributed by atoms with van der Waals surface area (Å²) in [7, 11) is 0. The van der Waals surface area contributed by atoms with Gasteiger partial charge in [-0.3, -0.25) is 4.79 Å². The van der Waals surface area contributed by atoms with Crippen LogP contribution in [0.1, 0.15) is 38.3 Å². The third-order valence-electron chi connectivity index (χ3n) is 6.71. The van der Waals surface area contributed by atoms with Gasteiger partial charge in [-0.05, 0) is 85.1 Å². The molecule has 2 fully saturated rings. The number of carbonyl (C=O) groups is 3. The van der Waals surface area contributed by atoms with Crippen LogP contribution in [0.25, 0.3) is 0 Å². The Hall–Kier alpha value is -2.94. The lowest BCUT2D eigenvalue weighted by molar-refractivity contribution is -0.135. The van der Waals surface area contributed by atoms with E-state index in [4.69, 9.17) is 9.47 Å². The fourth-order valence-corrected chi connectivity index (χ4v) is 5.36. The molecule has 3 atom stereocenters. The Morgan fingerprint density at radius 1 is 1.16 bits per heavy atom. The summed E-state index contributed by atoms with van der Waals surface area (Å²) in [6.07, 6.45) is 0.296. The molecule has 37 heavy (non-hydrogen) atoms. The standard InChI is InChI=1S/C28H32BrFN2O5/c1-28(2,3)37-26(34)31-12-11-20(16-31)22(14-19-9-10-24(30)23(29)15-19)25(33)32-21(17-36-27(32)35)13-18-7-5-4-6-8-18/h4-10,15,20-22H,11-14,16-17H2,1-3H3/t20-,21?,22-/m0/s1. The number of nitrogens with zero attached hydrogens (tertiary/aromatic N) is 2. The van der Waals surface area contributed by atoms with Gasteiger partial charge in [0.25, 0.3) is 0 Å². The largest absolute Gasteiger partial charge is 0.447 e. The predicted octanol–water partition coefficient (Wildman–Crippen LogP) is 5.59. The third-order valence-corrected chi connectivity index (χ3v) is 7.32. The molecule has 4 rings (SSSR count). The van der Waals surface area contributed by atoms with Gasteiger partial charge in [-0.1, -0.05) is 36.4 Å². The van der Waals surface area contributed by atoms with Crippen LogP contribution < -0.4 is 0 Å². The number of carbonyl (C=O) groups excluding carboxylic acids is 3. The first-order valence-electron chi connectivity index (χ1n) is 12.5. The van der Waals surface area contributed by atoms with E-state index >= 15 is 0 Å². The van der Waals surface area contributed by atoms with Gasteiger partial charge >= 0.3 is 12.2 Å². The summed E-state index contributed by atoms with van der Waals surface area (Å²) in [6, 6.07) is 13.9. The Morgan fingerprint density at radius 3 is 2.57 bits per heavy atom. The minimum Gasteiger partial charge on any atom is -0.447 e. The molecular weight excluding hydrogens is 543 g/mol. The number of ether oxygens (including phenoxy) is 2.